The Bertz CT molecular complexity index is 230. The number of piperidine rings is 1. The highest BCUT2D eigenvalue weighted by Gasteiger charge is 2.30. The number of hydrogen-bond acceptors (Lipinski definition) is 2. The highest BCUT2D eigenvalue weighted by molar-refractivity contribution is 5.76. The SMILES string of the molecule is N[C@@H]1CCCN(C(=O)CCC(F)(F)F)C1. The summed E-state index contributed by atoms with van der Waals surface area (Å²) in [7, 11) is 0. The standard InChI is InChI=1S/C9H15F3N2O/c10-9(11,12)4-3-8(15)14-5-1-2-7(13)6-14/h7H,1-6,13H2/t7-/m1/s1. The summed E-state index contributed by atoms with van der Waals surface area (Å²) in [6, 6.07) is -0.0893. The van der Waals surface area contributed by atoms with Crippen LogP contribution >= 0.6 is 0 Å². The minimum atomic E-state index is -4.26. The number of nitrogens with two attached hydrogens (primary N) is 1. The van der Waals surface area contributed by atoms with Crippen LogP contribution in [-0.4, -0.2) is 36.1 Å². The molecule has 3 nitrogen and oxygen atoms in total. The van der Waals surface area contributed by atoms with E-state index >= 15 is 0 Å². The molecular weight excluding hydrogens is 209 g/mol. The smallest absolute Gasteiger partial charge is 0.341 e. The molecule has 1 saturated heterocycles. The summed E-state index contributed by atoms with van der Waals surface area (Å²) in [4.78, 5) is 12.8. The van der Waals surface area contributed by atoms with E-state index in [2.05, 4.69) is 0 Å². The van der Waals surface area contributed by atoms with Crippen LogP contribution in [0, 0.1) is 0 Å². The maximum absolute atomic E-state index is 11.9. The van der Waals surface area contributed by atoms with E-state index in [0.29, 0.717) is 13.1 Å². The van der Waals surface area contributed by atoms with Gasteiger partial charge in [0.25, 0.3) is 0 Å². The number of likely N-dealkylation sites (tertiary alicyclic amines) is 1. The van der Waals surface area contributed by atoms with Crippen molar-refractivity contribution in [2.24, 2.45) is 5.73 Å². The van der Waals surface area contributed by atoms with Gasteiger partial charge in [0, 0.05) is 25.6 Å². The molecule has 0 aliphatic carbocycles. The summed E-state index contributed by atoms with van der Waals surface area (Å²) < 4.78 is 35.6. The Balaban J connectivity index is 2.33. The molecule has 0 aromatic carbocycles. The number of nitrogens with zero attached hydrogens (tertiary/aromatic N) is 1. The first-order chi connectivity index (χ1) is 6.88. The monoisotopic (exact) mass is 224 g/mol. The zero-order valence-corrected chi connectivity index (χ0v) is 8.39. The molecule has 1 aliphatic heterocycles. The minimum Gasteiger partial charge on any atom is -0.341 e. The lowest BCUT2D eigenvalue weighted by Crippen LogP contribution is -2.45. The van der Waals surface area contributed by atoms with Crippen LogP contribution in [0.1, 0.15) is 25.7 Å². The quantitative estimate of drug-likeness (QED) is 0.768. The Morgan fingerprint density at radius 2 is 2.13 bits per heavy atom. The summed E-state index contributed by atoms with van der Waals surface area (Å²) in [5.41, 5.74) is 5.63. The maximum atomic E-state index is 11.9. The third-order valence-corrected chi connectivity index (χ3v) is 2.43. The van der Waals surface area contributed by atoms with E-state index in [4.69, 9.17) is 5.73 Å². The van der Waals surface area contributed by atoms with E-state index in [1.807, 2.05) is 0 Å². The Morgan fingerprint density at radius 1 is 1.47 bits per heavy atom. The first-order valence-corrected chi connectivity index (χ1v) is 4.98. The lowest BCUT2D eigenvalue weighted by Gasteiger charge is -2.30. The van der Waals surface area contributed by atoms with Crippen LogP contribution in [0.15, 0.2) is 0 Å². The van der Waals surface area contributed by atoms with Gasteiger partial charge in [0.05, 0.1) is 6.42 Å². The van der Waals surface area contributed by atoms with Gasteiger partial charge in [0.2, 0.25) is 5.91 Å². The molecule has 1 fully saturated rings. The molecule has 2 N–H and O–H groups in total. The molecule has 0 saturated carbocycles. The van der Waals surface area contributed by atoms with Gasteiger partial charge in [-0.3, -0.25) is 4.79 Å². The fourth-order valence-electron chi connectivity index (χ4n) is 1.64. The number of rotatable bonds is 2. The second kappa shape index (κ2) is 4.83. The van der Waals surface area contributed by atoms with E-state index in [1.54, 1.807) is 0 Å². The van der Waals surface area contributed by atoms with Crippen molar-refractivity contribution >= 4 is 5.91 Å². The van der Waals surface area contributed by atoms with Crippen LogP contribution in [0.4, 0.5) is 13.2 Å². The predicted octanol–water partition coefficient (Wildman–Crippen LogP) is 1.28. The second-order valence-corrected chi connectivity index (χ2v) is 3.86. The zero-order valence-electron chi connectivity index (χ0n) is 8.39. The molecule has 0 unspecified atom stereocenters. The topological polar surface area (TPSA) is 46.3 Å². The van der Waals surface area contributed by atoms with Gasteiger partial charge < -0.3 is 10.6 Å². The van der Waals surface area contributed by atoms with E-state index in [9.17, 15) is 18.0 Å². The molecule has 0 spiro atoms. The summed E-state index contributed by atoms with van der Waals surface area (Å²) in [6.45, 7) is 0.918. The van der Waals surface area contributed by atoms with Crippen LogP contribution in [0.3, 0.4) is 0 Å². The van der Waals surface area contributed by atoms with Gasteiger partial charge in [-0.05, 0) is 12.8 Å². The van der Waals surface area contributed by atoms with Gasteiger partial charge in [-0.2, -0.15) is 13.2 Å². The Hall–Kier alpha value is -0.780. The molecule has 0 radical (unpaired) electrons. The lowest BCUT2D eigenvalue weighted by atomic mass is 10.1. The minimum absolute atomic E-state index is 0.0893. The average Bonchev–Trinajstić information content (AvgIpc) is 2.13. The third-order valence-electron chi connectivity index (χ3n) is 2.43. The fraction of sp³-hybridized carbons (Fsp3) is 0.889. The van der Waals surface area contributed by atoms with Crippen molar-refractivity contribution in [1.82, 2.24) is 4.90 Å². The van der Waals surface area contributed by atoms with Crippen molar-refractivity contribution in [2.75, 3.05) is 13.1 Å². The van der Waals surface area contributed by atoms with Crippen LogP contribution in [0.5, 0.6) is 0 Å². The molecule has 1 heterocycles. The molecule has 88 valence electrons. The largest absolute Gasteiger partial charge is 0.389 e. The van der Waals surface area contributed by atoms with Crippen molar-refractivity contribution < 1.29 is 18.0 Å². The summed E-state index contributed by atoms with van der Waals surface area (Å²) in [6.07, 6.45) is -4.15. The Morgan fingerprint density at radius 3 is 2.67 bits per heavy atom. The average molecular weight is 224 g/mol. The number of alkyl halides is 3. The second-order valence-electron chi connectivity index (χ2n) is 3.86. The van der Waals surface area contributed by atoms with Crippen molar-refractivity contribution in [3.05, 3.63) is 0 Å². The summed E-state index contributed by atoms with van der Waals surface area (Å²) in [5, 5.41) is 0. The van der Waals surface area contributed by atoms with Crippen LogP contribution < -0.4 is 5.73 Å². The van der Waals surface area contributed by atoms with Crippen molar-refractivity contribution in [3.8, 4) is 0 Å². The Kier molecular flexibility index (Phi) is 3.96. The fourth-order valence-corrected chi connectivity index (χ4v) is 1.64. The molecule has 1 rings (SSSR count). The van der Waals surface area contributed by atoms with Gasteiger partial charge in [-0.25, -0.2) is 0 Å². The van der Waals surface area contributed by atoms with Crippen LogP contribution in [0.2, 0.25) is 0 Å². The number of hydrogen-bond donors (Lipinski definition) is 1. The highest BCUT2D eigenvalue weighted by Crippen LogP contribution is 2.22. The normalized spacial score (nSPS) is 22.9. The third kappa shape index (κ3) is 4.51. The first-order valence-electron chi connectivity index (χ1n) is 4.98. The molecule has 0 bridgehead atoms. The van der Waals surface area contributed by atoms with E-state index in [1.165, 1.54) is 4.90 Å². The Labute approximate surface area is 86.4 Å². The summed E-state index contributed by atoms with van der Waals surface area (Å²) >= 11 is 0. The molecular formula is C9H15F3N2O. The molecule has 15 heavy (non-hydrogen) atoms. The molecule has 6 heteroatoms. The lowest BCUT2D eigenvalue weighted by molar-refractivity contribution is -0.149. The zero-order chi connectivity index (χ0) is 11.5. The maximum Gasteiger partial charge on any atom is 0.389 e. The van der Waals surface area contributed by atoms with E-state index in [-0.39, 0.29) is 6.04 Å². The van der Waals surface area contributed by atoms with Crippen molar-refractivity contribution in [3.63, 3.8) is 0 Å². The van der Waals surface area contributed by atoms with Gasteiger partial charge in [-0.1, -0.05) is 0 Å². The first kappa shape index (κ1) is 12.3. The molecule has 1 atom stereocenters. The number of carbonyl (C=O) groups excluding carboxylic acids is 1. The van der Waals surface area contributed by atoms with Gasteiger partial charge in [0.1, 0.15) is 0 Å². The van der Waals surface area contributed by atoms with Crippen LogP contribution in [0.25, 0.3) is 0 Å². The molecule has 0 aromatic rings. The van der Waals surface area contributed by atoms with Gasteiger partial charge in [-0.15, -0.1) is 0 Å². The van der Waals surface area contributed by atoms with Crippen molar-refractivity contribution in [2.45, 2.75) is 37.9 Å². The molecule has 1 aliphatic rings. The molecule has 0 aromatic heterocycles. The number of amides is 1. The van der Waals surface area contributed by atoms with E-state index in [0.717, 1.165) is 12.8 Å². The van der Waals surface area contributed by atoms with E-state index < -0.39 is 24.9 Å². The molecule has 1 amide bonds. The van der Waals surface area contributed by atoms with Crippen molar-refractivity contribution in [1.29, 1.82) is 0 Å². The van der Waals surface area contributed by atoms with Crippen LogP contribution in [-0.2, 0) is 4.79 Å². The predicted molar refractivity (Wildman–Crippen MR) is 49.1 cm³/mol. The number of carbonyl (C=O) groups is 1. The summed E-state index contributed by atoms with van der Waals surface area (Å²) in [5.74, 6) is -0.442. The highest BCUT2D eigenvalue weighted by atomic mass is 19.4. The van der Waals surface area contributed by atoms with Gasteiger partial charge in [0.15, 0.2) is 0 Å². The van der Waals surface area contributed by atoms with Gasteiger partial charge >= 0.3 is 6.18 Å². The number of halogens is 3.